The quantitative estimate of drug-likeness (QED) is 0.601. The minimum Gasteiger partial charge on any atom is -0.481 e. The Morgan fingerprint density at radius 3 is 2.24 bits per heavy atom. The van der Waals surface area contributed by atoms with E-state index in [9.17, 15) is 14.7 Å². The number of fused-ring (bicyclic) bond motifs is 1. The number of allylic oxidation sites excluding steroid dienone is 3. The first-order chi connectivity index (χ1) is 13.8. The van der Waals surface area contributed by atoms with Crippen molar-refractivity contribution in [2.45, 2.75) is 53.9 Å². The molecule has 0 saturated heterocycles. The molecular formula is C26H34O3. The number of aliphatic carboxylic acids is 1. The molecule has 1 N–H and O–H groups in total. The van der Waals surface area contributed by atoms with E-state index in [1.165, 1.54) is 5.57 Å². The van der Waals surface area contributed by atoms with E-state index in [-0.39, 0.29) is 29.5 Å². The van der Waals surface area contributed by atoms with E-state index >= 15 is 0 Å². The zero-order valence-electron chi connectivity index (χ0n) is 18.3. The second-order valence-electron chi connectivity index (χ2n) is 8.87. The van der Waals surface area contributed by atoms with Crippen molar-refractivity contribution in [3.8, 4) is 0 Å². The SMILES string of the molecule is CCC1=CC(C=Cc2ccccc2)(CC)C(CC)(C(=O)O)C2C(C)C(=O)C(C)C12. The van der Waals surface area contributed by atoms with Crippen molar-refractivity contribution in [3.05, 3.63) is 53.6 Å². The number of benzene rings is 1. The molecule has 1 saturated carbocycles. The summed E-state index contributed by atoms with van der Waals surface area (Å²) in [5, 5.41) is 10.7. The van der Waals surface area contributed by atoms with Crippen LogP contribution in [-0.4, -0.2) is 16.9 Å². The fourth-order valence-corrected chi connectivity index (χ4v) is 6.48. The first-order valence-corrected chi connectivity index (χ1v) is 11.0. The maximum absolute atomic E-state index is 13.0. The first-order valence-electron chi connectivity index (χ1n) is 11.0. The van der Waals surface area contributed by atoms with Crippen LogP contribution in [0.2, 0.25) is 0 Å². The number of carbonyl (C=O) groups is 2. The molecule has 3 nitrogen and oxygen atoms in total. The molecule has 0 aliphatic heterocycles. The van der Waals surface area contributed by atoms with Crippen LogP contribution < -0.4 is 0 Å². The standard InChI is InChI=1S/C26H34O3/c1-6-20-16-25(7-2,15-14-19-12-10-9-11-13-19)26(8-3,24(28)29)22-18(5)23(27)17(4)21(20)22/h9-18,21-22H,6-8H2,1-5H3,(H,28,29). The Balaban J connectivity index is 2.28. The van der Waals surface area contributed by atoms with E-state index in [4.69, 9.17) is 0 Å². The summed E-state index contributed by atoms with van der Waals surface area (Å²) >= 11 is 0. The van der Waals surface area contributed by atoms with Gasteiger partial charge in [0.05, 0.1) is 5.41 Å². The van der Waals surface area contributed by atoms with Gasteiger partial charge in [0.2, 0.25) is 0 Å². The topological polar surface area (TPSA) is 54.4 Å². The molecule has 1 fully saturated rings. The lowest BCUT2D eigenvalue weighted by atomic mass is 9.47. The Morgan fingerprint density at radius 2 is 1.72 bits per heavy atom. The van der Waals surface area contributed by atoms with Gasteiger partial charge in [-0.1, -0.05) is 88.8 Å². The summed E-state index contributed by atoms with van der Waals surface area (Å²) in [7, 11) is 0. The average Bonchev–Trinajstić information content (AvgIpc) is 2.96. The lowest BCUT2D eigenvalue weighted by Crippen LogP contribution is -2.56. The molecule has 1 aromatic carbocycles. The third-order valence-electron chi connectivity index (χ3n) is 7.94. The number of carboxylic acids is 1. The molecule has 0 bridgehead atoms. The molecule has 2 aliphatic carbocycles. The van der Waals surface area contributed by atoms with Gasteiger partial charge >= 0.3 is 5.97 Å². The third-order valence-corrected chi connectivity index (χ3v) is 7.94. The number of hydrogen-bond acceptors (Lipinski definition) is 2. The maximum Gasteiger partial charge on any atom is 0.311 e. The van der Waals surface area contributed by atoms with Crippen molar-refractivity contribution in [3.63, 3.8) is 0 Å². The van der Waals surface area contributed by atoms with Gasteiger partial charge in [-0.05, 0) is 36.7 Å². The number of hydrogen-bond donors (Lipinski definition) is 1. The highest BCUT2D eigenvalue weighted by molar-refractivity contribution is 5.89. The highest BCUT2D eigenvalue weighted by Crippen LogP contribution is 2.65. The second-order valence-corrected chi connectivity index (χ2v) is 8.87. The molecular weight excluding hydrogens is 360 g/mol. The predicted octanol–water partition coefficient (Wildman–Crippen LogP) is 6.01. The predicted molar refractivity (Wildman–Crippen MR) is 117 cm³/mol. The van der Waals surface area contributed by atoms with E-state index in [1.807, 2.05) is 51.1 Å². The molecule has 3 rings (SSSR count). The van der Waals surface area contributed by atoms with Crippen molar-refractivity contribution >= 4 is 17.8 Å². The molecule has 6 atom stereocenters. The number of ketones is 1. The summed E-state index contributed by atoms with van der Waals surface area (Å²) in [6.45, 7) is 10.1. The van der Waals surface area contributed by atoms with Crippen molar-refractivity contribution in [2.75, 3.05) is 0 Å². The van der Waals surface area contributed by atoms with Gasteiger partial charge in [-0.2, -0.15) is 0 Å². The monoisotopic (exact) mass is 394 g/mol. The van der Waals surface area contributed by atoms with Crippen molar-refractivity contribution < 1.29 is 14.7 Å². The van der Waals surface area contributed by atoms with Gasteiger partial charge in [-0.3, -0.25) is 9.59 Å². The van der Waals surface area contributed by atoms with Gasteiger partial charge in [0.15, 0.2) is 0 Å². The maximum atomic E-state index is 13.0. The van der Waals surface area contributed by atoms with Crippen LogP contribution in [0.5, 0.6) is 0 Å². The van der Waals surface area contributed by atoms with E-state index in [1.54, 1.807) is 0 Å². The number of carboxylic acid groups (broad SMARTS) is 1. The summed E-state index contributed by atoms with van der Waals surface area (Å²) in [5.74, 6) is -1.04. The van der Waals surface area contributed by atoms with Gasteiger partial charge < -0.3 is 5.11 Å². The van der Waals surface area contributed by atoms with E-state index in [0.717, 1.165) is 12.0 Å². The average molecular weight is 395 g/mol. The van der Waals surface area contributed by atoms with Crippen LogP contribution in [0.1, 0.15) is 59.4 Å². The summed E-state index contributed by atoms with van der Waals surface area (Å²) < 4.78 is 0. The van der Waals surface area contributed by atoms with E-state index in [2.05, 4.69) is 32.1 Å². The van der Waals surface area contributed by atoms with Gasteiger partial charge in [0, 0.05) is 17.3 Å². The highest BCUT2D eigenvalue weighted by atomic mass is 16.4. The molecule has 29 heavy (non-hydrogen) atoms. The molecule has 1 aromatic rings. The normalized spacial score (nSPS) is 36.9. The van der Waals surface area contributed by atoms with Crippen molar-refractivity contribution in [2.24, 2.45) is 34.5 Å². The smallest absolute Gasteiger partial charge is 0.311 e. The fraction of sp³-hybridized carbons (Fsp3) is 0.538. The fourth-order valence-electron chi connectivity index (χ4n) is 6.48. The summed E-state index contributed by atoms with van der Waals surface area (Å²) in [6.07, 6.45) is 8.46. The highest BCUT2D eigenvalue weighted by Gasteiger charge is 2.67. The van der Waals surface area contributed by atoms with Gasteiger partial charge in [0.25, 0.3) is 0 Å². The Morgan fingerprint density at radius 1 is 1.07 bits per heavy atom. The zero-order valence-corrected chi connectivity index (χ0v) is 18.3. The van der Waals surface area contributed by atoms with Gasteiger partial charge in [-0.25, -0.2) is 0 Å². The van der Waals surface area contributed by atoms with Crippen LogP contribution in [0.25, 0.3) is 6.08 Å². The molecule has 0 amide bonds. The molecule has 0 heterocycles. The largest absolute Gasteiger partial charge is 0.481 e. The Kier molecular flexibility index (Phi) is 5.89. The summed E-state index contributed by atoms with van der Waals surface area (Å²) in [4.78, 5) is 26.0. The number of Topliss-reactive ketones (excluding diaryl/α,β-unsaturated/α-hetero) is 1. The minimum absolute atomic E-state index is 0.0309. The Bertz CT molecular complexity index is 837. The second kappa shape index (κ2) is 7.93. The van der Waals surface area contributed by atoms with Crippen LogP contribution in [0, 0.1) is 34.5 Å². The lowest BCUT2D eigenvalue weighted by Gasteiger charge is -2.55. The minimum atomic E-state index is -0.990. The van der Waals surface area contributed by atoms with Crippen LogP contribution in [-0.2, 0) is 9.59 Å². The molecule has 2 aliphatic rings. The molecule has 0 aromatic heterocycles. The van der Waals surface area contributed by atoms with Crippen molar-refractivity contribution in [1.29, 1.82) is 0 Å². The lowest BCUT2D eigenvalue weighted by molar-refractivity contribution is -0.165. The van der Waals surface area contributed by atoms with Crippen LogP contribution in [0.15, 0.2) is 48.1 Å². The first kappa shape index (κ1) is 21.5. The number of carbonyl (C=O) groups excluding carboxylic acids is 1. The molecule has 156 valence electrons. The van der Waals surface area contributed by atoms with Gasteiger partial charge in [0.1, 0.15) is 5.78 Å². The summed E-state index contributed by atoms with van der Waals surface area (Å²) in [6, 6.07) is 10.0. The Labute approximate surface area is 174 Å². The molecule has 0 spiro atoms. The molecule has 6 unspecified atom stereocenters. The van der Waals surface area contributed by atoms with Crippen LogP contribution >= 0.6 is 0 Å². The van der Waals surface area contributed by atoms with Gasteiger partial charge in [-0.15, -0.1) is 0 Å². The third kappa shape index (κ3) is 3.01. The van der Waals surface area contributed by atoms with E-state index < -0.39 is 16.8 Å². The number of rotatable bonds is 6. The molecule has 3 heteroatoms. The Hall–Kier alpha value is -2.16. The summed E-state index contributed by atoms with van der Waals surface area (Å²) in [5.41, 5.74) is 0.711. The zero-order chi connectivity index (χ0) is 21.4. The van der Waals surface area contributed by atoms with Crippen molar-refractivity contribution in [1.82, 2.24) is 0 Å². The van der Waals surface area contributed by atoms with Crippen LogP contribution in [0.3, 0.4) is 0 Å². The molecule has 0 radical (unpaired) electrons. The van der Waals surface area contributed by atoms with Crippen LogP contribution in [0.4, 0.5) is 0 Å². The van der Waals surface area contributed by atoms with E-state index in [0.29, 0.717) is 12.8 Å².